The molecule has 0 aliphatic rings. The molecule has 8 nitrogen and oxygen atoms in total. The molecule has 9 heteroatoms. The standard InChI is InChI=1S/C20H20ClN3O5/c1-2-22-20(28)24-19(27)17(13-6-4-3-5-7-13)29-16(25)12-23-18(26)14-8-10-15(21)11-9-14/h3-11,17H,2,12H2,1H3,(H,23,26)(H2,22,24,27,28)/t17-/m0/s1. The number of carbonyl (C=O) groups excluding carboxylic acids is 4. The average Bonchev–Trinajstić information content (AvgIpc) is 2.71. The van der Waals surface area contributed by atoms with E-state index < -0.39 is 36.5 Å². The van der Waals surface area contributed by atoms with Crippen LogP contribution in [0.3, 0.4) is 0 Å². The van der Waals surface area contributed by atoms with Crippen molar-refractivity contribution in [2.45, 2.75) is 13.0 Å². The Balaban J connectivity index is 2.01. The SMILES string of the molecule is CCNC(=O)NC(=O)[C@@H](OC(=O)CNC(=O)c1ccc(Cl)cc1)c1ccccc1. The number of ether oxygens (including phenoxy) is 1. The largest absolute Gasteiger partial charge is 0.446 e. The second-order valence-electron chi connectivity index (χ2n) is 5.82. The Morgan fingerprint density at radius 2 is 1.62 bits per heavy atom. The Kier molecular flexibility index (Phi) is 8.17. The van der Waals surface area contributed by atoms with Gasteiger partial charge in [0.2, 0.25) is 6.10 Å². The van der Waals surface area contributed by atoms with Gasteiger partial charge < -0.3 is 15.4 Å². The smallest absolute Gasteiger partial charge is 0.326 e. The first-order valence-electron chi connectivity index (χ1n) is 8.77. The molecule has 0 unspecified atom stereocenters. The number of rotatable bonds is 7. The molecule has 0 saturated heterocycles. The van der Waals surface area contributed by atoms with E-state index in [0.717, 1.165) is 0 Å². The van der Waals surface area contributed by atoms with Crippen molar-refractivity contribution >= 4 is 35.4 Å². The molecule has 0 fully saturated rings. The highest BCUT2D eigenvalue weighted by Crippen LogP contribution is 2.17. The predicted molar refractivity (Wildman–Crippen MR) is 106 cm³/mol. The van der Waals surface area contributed by atoms with Crippen LogP contribution in [0.2, 0.25) is 5.02 Å². The summed E-state index contributed by atoms with van der Waals surface area (Å²) in [5, 5.41) is 7.42. The van der Waals surface area contributed by atoms with Crippen molar-refractivity contribution < 1.29 is 23.9 Å². The number of hydrogen-bond donors (Lipinski definition) is 3. The summed E-state index contributed by atoms with van der Waals surface area (Å²) in [5.74, 6) is -2.15. The van der Waals surface area contributed by atoms with Gasteiger partial charge >= 0.3 is 12.0 Å². The van der Waals surface area contributed by atoms with E-state index in [-0.39, 0.29) is 0 Å². The van der Waals surface area contributed by atoms with Gasteiger partial charge in [-0.1, -0.05) is 41.9 Å². The van der Waals surface area contributed by atoms with Gasteiger partial charge in [0, 0.05) is 22.7 Å². The van der Waals surface area contributed by atoms with Crippen molar-refractivity contribution in [3.05, 3.63) is 70.7 Å². The van der Waals surface area contributed by atoms with Gasteiger partial charge in [0.15, 0.2) is 0 Å². The fourth-order valence-electron chi connectivity index (χ4n) is 2.31. The molecule has 0 spiro atoms. The number of urea groups is 1. The number of carbonyl (C=O) groups is 4. The number of benzene rings is 2. The number of amides is 4. The molecule has 152 valence electrons. The van der Waals surface area contributed by atoms with Crippen LogP contribution in [0.4, 0.5) is 4.79 Å². The van der Waals surface area contributed by atoms with Gasteiger partial charge in [-0.25, -0.2) is 4.79 Å². The van der Waals surface area contributed by atoms with Gasteiger partial charge in [0.25, 0.3) is 11.8 Å². The molecular weight excluding hydrogens is 398 g/mol. The molecule has 0 aliphatic carbocycles. The number of halogens is 1. The van der Waals surface area contributed by atoms with Crippen LogP contribution in [-0.4, -0.2) is 36.9 Å². The fraction of sp³-hybridized carbons (Fsp3) is 0.200. The van der Waals surface area contributed by atoms with E-state index in [1.54, 1.807) is 49.4 Å². The molecule has 0 aromatic heterocycles. The van der Waals surface area contributed by atoms with Crippen LogP contribution in [0.5, 0.6) is 0 Å². The van der Waals surface area contributed by atoms with E-state index >= 15 is 0 Å². The van der Waals surface area contributed by atoms with E-state index in [1.807, 2.05) is 0 Å². The van der Waals surface area contributed by atoms with Crippen molar-refractivity contribution in [3.63, 3.8) is 0 Å². The molecule has 4 amide bonds. The predicted octanol–water partition coefficient (Wildman–Crippen LogP) is 2.20. The van der Waals surface area contributed by atoms with Crippen molar-refractivity contribution in [1.29, 1.82) is 0 Å². The molecule has 2 aromatic carbocycles. The highest BCUT2D eigenvalue weighted by atomic mass is 35.5. The minimum atomic E-state index is -1.35. The molecule has 0 saturated carbocycles. The summed E-state index contributed by atoms with van der Waals surface area (Å²) < 4.78 is 5.22. The first kappa shape index (κ1) is 21.9. The lowest BCUT2D eigenvalue weighted by Crippen LogP contribution is -2.43. The monoisotopic (exact) mass is 417 g/mol. The summed E-state index contributed by atoms with van der Waals surface area (Å²) in [7, 11) is 0. The molecule has 0 bridgehead atoms. The zero-order chi connectivity index (χ0) is 21.2. The zero-order valence-electron chi connectivity index (χ0n) is 15.6. The Morgan fingerprint density at radius 1 is 0.966 bits per heavy atom. The lowest BCUT2D eigenvalue weighted by atomic mass is 10.1. The minimum absolute atomic E-state index is 0.316. The Morgan fingerprint density at radius 3 is 2.24 bits per heavy atom. The molecule has 1 atom stereocenters. The third kappa shape index (κ3) is 6.93. The normalized spacial score (nSPS) is 11.1. The second kappa shape index (κ2) is 10.8. The van der Waals surface area contributed by atoms with Crippen LogP contribution in [0.1, 0.15) is 28.9 Å². The highest BCUT2D eigenvalue weighted by molar-refractivity contribution is 6.30. The summed E-state index contributed by atoms with van der Waals surface area (Å²) in [6, 6.07) is 13.6. The summed E-state index contributed by atoms with van der Waals surface area (Å²) in [5.41, 5.74) is 0.697. The minimum Gasteiger partial charge on any atom is -0.446 e. The van der Waals surface area contributed by atoms with Crippen LogP contribution >= 0.6 is 11.6 Å². The van der Waals surface area contributed by atoms with E-state index in [2.05, 4.69) is 16.0 Å². The number of imide groups is 1. The third-order valence-corrected chi connectivity index (χ3v) is 3.92. The molecule has 0 heterocycles. The molecular formula is C20H20ClN3O5. The van der Waals surface area contributed by atoms with Gasteiger partial charge in [0.1, 0.15) is 6.54 Å². The summed E-state index contributed by atoms with van der Waals surface area (Å²) in [6.07, 6.45) is -1.35. The summed E-state index contributed by atoms with van der Waals surface area (Å²) in [4.78, 5) is 48.3. The number of nitrogens with one attached hydrogen (secondary N) is 3. The summed E-state index contributed by atoms with van der Waals surface area (Å²) >= 11 is 5.77. The zero-order valence-corrected chi connectivity index (χ0v) is 16.4. The lowest BCUT2D eigenvalue weighted by Gasteiger charge is -2.18. The second-order valence-corrected chi connectivity index (χ2v) is 6.26. The van der Waals surface area contributed by atoms with Gasteiger partial charge in [-0.15, -0.1) is 0 Å². The number of esters is 1. The van der Waals surface area contributed by atoms with Crippen LogP contribution in [0.15, 0.2) is 54.6 Å². The van der Waals surface area contributed by atoms with Crippen molar-refractivity contribution in [3.8, 4) is 0 Å². The highest BCUT2D eigenvalue weighted by Gasteiger charge is 2.26. The van der Waals surface area contributed by atoms with Crippen molar-refractivity contribution in [1.82, 2.24) is 16.0 Å². The molecule has 2 rings (SSSR count). The lowest BCUT2D eigenvalue weighted by molar-refractivity contribution is -0.155. The van der Waals surface area contributed by atoms with Gasteiger partial charge in [-0.2, -0.15) is 0 Å². The Bertz CT molecular complexity index is 871. The maximum atomic E-state index is 12.4. The van der Waals surface area contributed by atoms with E-state index in [9.17, 15) is 19.2 Å². The molecule has 0 radical (unpaired) electrons. The first-order chi connectivity index (χ1) is 13.9. The fourth-order valence-corrected chi connectivity index (χ4v) is 2.44. The molecule has 0 aliphatic heterocycles. The van der Waals surface area contributed by atoms with Crippen molar-refractivity contribution in [2.24, 2.45) is 0 Å². The van der Waals surface area contributed by atoms with Gasteiger partial charge in [-0.3, -0.25) is 19.7 Å². The van der Waals surface area contributed by atoms with Crippen LogP contribution in [0.25, 0.3) is 0 Å². The van der Waals surface area contributed by atoms with E-state index in [1.165, 1.54) is 12.1 Å². The average molecular weight is 418 g/mol. The van der Waals surface area contributed by atoms with Gasteiger partial charge in [-0.05, 0) is 31.2 Å². The van der Waals surface area contributed by atoms with Crippen molar-refractivity contribution in [2.75, 3.05) is 13.1 Å². The third-order valence-electron chi connectivity index (χ3n) is 3.66. The topological polar surface area (TPSA) is 114 Å². The molecule has 3 N–H and O–H groups in total. The Labute approximate surface area is 172 Å². The van der Waals surface area contributed by atoms with Crippen LogP contribution in [-0.2, 0) is 14.3 Å². The van der Waals surface area contributed by atoms with Gasteiger partial charge in [0.05, 0.1) is 0 Å². The quantitative estimate of drug-likeness (QED) is 0.597. The maximum absolute atomic E-state index is 12.4. The van der Waals surface area contributed by atoms with E-state index in [0.29, 0.717) is 22.7 Å². The number of hydrogen-bond acceptors (Lipinski definition) is 5. The van der Waals surface area contributed by atoms with Crippen LogP contribution in [0, 0.1) is 0 Å². The summed E-state index contributed by atoms with van der Waals surface area (Å²) in [6.45, 7) is 1.56. The first-order valence-corrected chi connectivity index (χ1v) is 9.15. The van der Waals surface area contributed by atoms with E-state index in [4.69, 9.17) is 16.3 Å². The molecule has 2 aromatic rings. The maximum Gasteiger partial charge on any atom is 0.326 e. The van der Waals surface area contributed by atoms with Crippen LogP contribution < -0.4 is 16.0 Å². The Hall–Kier alpha value is -3.39. The molecule has 29 heavy (non-hydrogen) atoms.